The van der Waals surface area contributed by atoms with E-state index < -0.39 is 6.85 Å². The third kappa shape index (κ3) is 10.2. The predicted octanol–water partition coefficient (Wildman–Crippen LogP) is 20.0. The maximum Gasteiger partial charge on any atom is 2.00 e. The summed E-state index contributed by atoms with van der Waals surface area (Å²) in [7, 11) is 0. The van der Waals surface area contributed by atoms with Crippen LogP contribution in [0.5, 0.6) is 11.5 Å². The minimum Gasteiger partial charge on any atom is -0.509 e. The van der Waals surface area contributed by atoms with Gasteiger partial charge in [0.1, 0.15) is 11.5 Å². The van der Waals surface area contributed by atoms with Crippen molar-refractivity contribution in [3.05, 3.63) is 216 Å². The van der Waals surface area contributed by atoms with Crippen molar-refractivity contribution in [2.45, 2.75) is 137 Å². The zero-order chi connectivity index (χ0) is 58.8. The first kappa shape index (κ1) is 51.7. The Labute approximate surface area is 499 Å². The summed E-state index contributed by atoms with van der Waals surface area (Å²) < 4.78 is 40.1. The first-order valence-corrected chi connectivity index (χ1v) is 28.3. The Hall–Kier alpha value is -7.42. The molecule has 12 rings (SSSR count). The number of ether oxygens (including phenoxy) is 1. The van der Waals surface area contributed by atoms with Crippen molar-refractivity contribution < 1.29 is 29.9 Å². The fraction of sp³-hybridized carbons (Fsp3) is 0.280. The van der Waals surface area contributed by atoms with E-state index in [1.807, 2.05) is 24.3 Å². The van der Waals surface area contributed by atoms with Crippen LogP contribution in [0.15, 0.2) is 170 Å². The molecule has 0 N–H and O–H groups in total. The summed E-state index contributed by atoms with van der Waals surface area (Å²) in [5.74, 6) is 1.46. The quantitative estimate of drug-likeness (QED) is 0.112. The maximum atomic E-state index is 8.99. The van der Waals surface area contributed by atoms with Crippen molar-refractivity contribution in [1.82, 2.24) is 18.7 Å². The number of rotatable bonds is 8. The summed E-state index contributed by atoms with van der Waals surface area (Å²) in [5.41, 5.74) is 17.5. The van der Waals surface area contributed by atoms with Crippen LogP contribution in [0.3, 0.4) is 0 Å². The predicted molar refractivity (Wildman–Crippen MR) is 336 cm³/mol. The number of nitrogens with zero attached hydrogens (tertiary/aromatic N) is 4. The second-order valence-corrected chi connectivity index (χ2v) is 26.6. The summed E-state index contributed by atoms with van der Waals surface area (Å²) in [6.45, 7) is 27.1. The minimum atomic E-state index is -2.44. The maximum absolute atomic E-state index is 8.99. The largest absolute Gasteiger partial charge is 2.00 e. The summed E-state index contributed by atoms with van der Waals surface area (Å²) in [4.78, 5) is 5.16. The van der Waals surface area contributed by atoms with Crippen molar-refractivity contribution in [2.24, 2.45) is 0 Å². The molecule has 1 aliphatic heterocycles. The Morgan fingerprint density at radius 3 is 1.84 bits per heavy atom. The van der Waals surface area contributed by atoms with Gasteiger partial charge in [-0.25, -0.2) is 4.98 Å². The molecule has 0 amide bonds. The van der Waals surface area contributed by atoms with Gasteiger partial charge in [0.15, 0.2) is 0 Å². The van der Waals surface area contributed by atoms with Gasteiger partial charge in [-0.2, -0.15) is 12.1 Å². The van der Waals surface area contributed by atoms with E-state index in [2.05, 4.69) is 255 Å². The second-order valence-electron chi connectivity index (χ2n) is 26.6. The molecule has 0 spiro atoms. The van der Waals surface area contributed by atoms with Gasteiger partial charge >= 0.3 is 27.1 Å². The van der Waals surface area contributed by atoms with Gasteiger partial charge in [-0.1, -0.05) is 209 Å². The molecular formula is C75H74N4OPt+2. The van der Waals surface area contributed by atoms with Gasteiger partial charge in [0, 0.05) is 45.0 Å². The average molecular weight is 1250 g/mol. The Morgan fingerprint density at radius 1 is 0.543 bits per heavy atom. The molecule has 408 valence electrons. The van der Waals surface area contributed by atoms with E-state index in [0.717, 1.165) is 90.8 Å². The standard InChI is InChI=1S/C75H74N4O.Pt/c1-48-38-69(76-46-62(48)50-30-35-63-64(41-50)75(13,14)37-36-74(63,11)12)79-67-43-52(71(2,3)4)31-33-60(67)61-34-32-57(45-68(61)79)80-56-25-20-24-55(44-56)77-47-78(66-29-19-18-28-65(66)77)70-58(49-22-16-15-17-23-49)26-21-27-59(70)51-39-53(72(5,6)7)42-54(40-51)73(8,9)10;/h15-35,38-43,46H,36-37H2,1-14H3;/q;+2/i1D3;. The van der Waals surface area contributed by atoms with E-state index >= 15 is 0 Å². The molecular weight excluding hydrogens is 1170 g/mol. The summed E-state index contributed by atoms with van der Waals surface area (Å²) in [6.07, 6.45) is 3.90. The number of para-hydroxylation sites is 3. The molecule has 1 aliphatic carbocycles. The van der Waals surface area contributed by atoms with E-state index in [4.69, 9.17) is 13.8 Å². The normalized spacial score (nSPS) is 15.4. The molecule has 0 fully saturated rings. The number of pyridine rings is 1. The third-order valence-corrected chi connectivity index (χ3v) is 16.9. The minimum absolute atomic E-state index is 0. The Kier molecular flexibility index (Phi) is 12.9. The number of aromatic nitrogens is 2. The molecule has 2 aromatic heterocycles. The molecule has 10 aromatic rings. The topological polar surface area (TPSA) is 33.1 Å². The van der Waals surface area contributed by atoms with Gasteiger partial charge in [-0.3, -0.25) is 0 Å². The van der Waals surface area contributed by atoms with Crippen LogP contribution < -0.4 is 13.9 Å². The molecule has 2 aliphatic rings. The fourth-order valence-corrected chi connectivity index (χ4v) is 11.9. The molecule has 81 heavy (non-hydrogen) atoms. The molecule has 0 unspecified atom stereocenters. The number of hydrogen-bond acceptors (Lipinski definition) is 2. The van der Waals surface area contributed by atoms with Crippen molar-refractivity contribution in [2.75, 3.05) is 0 Å². The Bertz CT molecular complexity index is 4290. The molecule has 5 nitrogen and oxygen atoms in total. The van der Waals surface area contributed by atoms with Crippen molar-refractivity contribution in [3.63, 3.8) is 0 Å². The van der Waals surface area contributed by atoms with E-state index in [9.17, 15) is 0 Å². The Morgan fingerprint density at radius 2 is 1.16 bits per heavy atom. The van der Waals surface area contributed by atoms with Crippen LogP contribution in [-0.4, -0.2) is 15.6 Å². The number of aryl methyl sites for hydroxylation is 1. The molecule has 0 saturated carbocycles. The summed E-state index contributed by atoms with van der Waals surface area (Å²) in [5, 5.41) is 1.95. The fourth-order valence-electron chi connectivity index (χ4n) is 11.9. The van der Waals surface area contributed by atoms with E-state index in [1.165, 1.54) is 22.3 Å². The molecule has 0 atom stereocenters. The van der Waals surface area contributed by atoms with Crippen LogP contribution in [-0.2, 0) is 48.1 Å². The van der Waals surface area contributed by atoms with Crippen LogP contribution >= 0.6 is 0 Å². The van der Waals surface area contributed by atoms with Crippen LogP contribution in [0.4, 0.5) is 22.7 Å². The van der Waals surface area contributed by atoms with E-state index in [1.54, 1.807) is 12.3 Å². The molecule has 0 saturated heterocycles. The Balaban J connectivity index is 0.00000736. The van der Waals surface area contributed by atoms with Gasteiger partial charge in [0.25, 0.3) is 11.4 Å². The van der Waals surface area contributed by atoms with Gasteiger partial charge in [-0.05, 0) is 131 Å². The van der Waals surface area contributed by atoms with Gasteiger partial charge in [-0.15, -0.1) is 23.6 Å². The van der Waals surface area contributed by atoms with Crippen LogP contribution in [0.2, 0.25) is 0 Å². The molecule has 0 radical (unpaired) electrons. The average Bonchev–Trinajstić information content (AvgIpc) is 1.63. The van der Waals surface area contributed by atoms with Crippen molar-refractivity contribution in [3.8, 4) is 50.7 Å². The van der Waals surface area contributed by atoms with Crippen molar-refractivity contribution >= 4 is 50.6 Å². The smallest absolute Gasteiger partial charge is 0.509 e. The number of hydrogen-bond donors (Lipinski definition) is 0. The molecule has 0 bridgehead atoms. The summed E-state index contributed by atoms with van der Waals surface area (Å²) in [6, 6.07) is 68.7. The monoisotopic (exact) mass is 1240 g/mol. The molecule has 6 heteroatoms. The first-order chi connectivity index (χ1) is 39.1. The van der Waals surface area contributed by atoms with Crippen LogP contribution in [0.1, 0.15) is 140 Å². The summed E-state index contributed by atoms with van der Waals surface area (Å²) >= 11 is 0. The van der Waals surface area contributed by atoms with E-state index in [0.29, 0.717) is 22.9 Å². The first-order valence-electron chi connectivity index (χ1n) is 29.8. The zero-order valence-corrected chi connectivity index (χ0v) is 51.4. The number of benzene rings is 8. The van der Waals surface area contributed by atoms with Crippen LogP contribution in [0.25, 0.3) is 61.0 Å². The van der Waals surface area contributed by atoms with E-state index in [-0.39, 0.29) is 53.7 Å². The SMILES string of the molecule is [2H]C([2H])([2H])c1cc(-n2c3[c-]c(Oc4[c-]c([N+]5=C=[N+](c6c(-c7ccccc7)cccc6-c6cc(C(C)(C)C)cc(C(C)(C)C)c6)c6ccccc65)ccc4)ccc3c3ccc(C(C)(C)C)cc32)ncc1-c1ccc2c(c1)C(C)(C)CCC2(C)C.[Pt+2]. The van der Waals surface area contributed by atoms with Gasteiger partial charge in [0.05, 0.1) is 11.1 Å². The second kappa shape index (κ2) is 20.2. The number of fused-ring (bicyclic) bond motifs is 5. The van der Waals surface area contributed by atoms with Gasteiger partial charge in [0.2, 0.25) is 5.69 Å². The molecule has 8 aromatic carbocycles. The molecule has 3 heterocycles. The van der Waals surface area contributed by atoms with Crippen LogP contribution in [0, 0.1) is 19.0 Å². The zero-order valence-electron chi connectivity index (χ0n) is 52.1. The third-order valence-electron chi connectivity index (χ3n) is 16.9. The van der Waals surface area contributed by atoms with Crippen molar-refractivity contribution in [1.29, 1.82) is 0 Å². The van der Waals surface area contributed by atoms with Gasteiger partial charge < -0.3 is 9.30 Å².